The van der Waals surface area contributed by atoms with E-state index in [0.717, 1.165) is 5.82 Å². The molecule has 0 fully saturated rings. The summed E-state index contributed by atoms with van der Waals surface area (Å²) in [6.45, 7) is 4.06. The lowest BCUT2D eigenvalue weighted by molar-refractivity contribution is 0.766. The van der Waals surface area contributed by atoms with Gasteiger partial charge in [-0.3, -0.25) is 0 Å². The second-order valence-corrected chi connectivity index (χ2v) is 4.23. The average Bonchev–Trinajstić information content (AvgIpc) is 1.99. The first-order chi connectivity index (χ1) is 5.52. The summed E-state index contributed by atoms with van der Waals surface area (Å²) >= 11 is 6.52. The van der Waals surface area contributed by atoms with Crippen LogP contribution in [0.4, 0.5) is 5.69 Å². The van der Waals surface area contributed by atoms with Gasteiger partial charge in [-0.15, -0.1) is 0 Å². The van der Waals surface area contributed by atoms with E-state index in [1.807, 2.05) is 13.8 Å². The Morgan fingerprint density at radius 2 is 1.58 bits per heavy atom. The summed E-state index contributed by atoms with van der Waals surface area (Å²) in [6.07, 6.45) is 0. The fraction of sp³-hybridized carbons (Fsp3) is 0.429. The third kappa shape index (κ3) is 1.95. The van der Waals surface area contributed by atoms with E-state index in [-0.39, 0.29) is 0 Å². The fourth-order valence-corrected chi connectivity index (χ4v) is 1.69. The van der Waals surface area contributed by atoms with Gasteiger partial charge in [0.1, 0.15) is 15.0 Å². The number of rotatable bonds is 1. The Labute approximate surface area is 88.0 Å². The van der Waals surface area contributed by atoms with Gasteiger partial charge in [0.2, 0.25) is 0 Å². The molecule has 66 valence electrons. The predicted octanol–water partition coefficient (Wildman–Crippen LogP) is 2.71. The summed E-state index contributed by atoms with van der Waals surface area (Å²) in [5, 5.41) is 0. The highest BCUT2D eigenvalue weighted by Crippen LogP contribution is 2.26. The predicted molar refractivity (Wildman–Crippen MR) is 55.9 cm³/mol. The zero-order valence-corrected chi connectivity index (χ0v) is 9.98. The molecule has 0 spiro atoms. The molecule has 1 aromatic heterocycles. The molecule has 0 atom stereocenters. The maximum atomic E-state index is 5.63. The molecule has 1 aromatic rings. The van der Waals surface area contributed by atoms with Crippen molar-refractivity contribution in [3.8, 4) is 0 Å². The molecule has 0 aliphatic carbocycles. The molecule has 0 unspecified atom stereocenters. The van der Waals surface area contributed by atoms with Crippen molar-refractivity contribution in [3.63, 3.8) is 0 Å². The Morgan fingerprint density at radius 3 is 1.92 bits per heavy atom. The standard InChI is InChI=1S/C7H9Br2N3/c1-3(2)7-11-5(8)4(10)6(9)12-7/h3H,10H2,1-2H3. The molecule has 1 rings (SSSR count). The van der Waals surface area contributed by atoms with Crippen molar-refractivity contribution in [2.24, 2.45) is 0 Å². The summed E-state index contributed by atoms with van der Waals surface area (Å²) in [5.41, 5.74) is 6.17. The van der Waals surface area contributed by atoms with Gasteiger partial charge in [0.25, 0.3) is 0 Å². The number of hydrogen-bond donors (Lipinski definition) is 1. The smallest absolute Gasteiger partial charge is 0.133 e. The van der Waals surface area contributed by atoms with Gasteiger partial charge in [-0.1, -0.05) is 13.8 Å². The molecule has 0 aliphatic rings. The van der Waals surface area contributed by atoms with E-state index < -0.39 is 0 Å². The first-order valence-electron chi connectivity index (χ1n) is 3.50. The van der Waals surface area contributed by atoms with Crippen molar-refractivity contribution in [2.75, 3.05) is 5.73 Å². The van der Waals surface area contributed by atoms with Gasteiger partial charge >= 0.3 is 0 Å². The Hall–Kier alpha value is -0.160. The van der Waals surface area contributed by atoms with Crippen molar-refractivity contribution in [1.82, 2.24) is 9.97 Å². The molecule has 0 saturated heterocycles. The number of nitrogen functional groups attached to an aromatic ring is 1. The average molecular weight is 295 g/mol. The van der Waals surface area contributed by atoms with Gasteiger partial charge in [0.05, 0.1) is 5.69 Å². The molecule has 0 radical (unpaired) electrons. The van der Waals surface area contributed by atoms with Crippen LogP contribution < -0.4 is 5.73 Å². The van der Waals surface area contributed by atoms with Crippen LogP contribution in [0, 0.1) is 0 Å². The first-order valence-corrected chi connectivity index (χ1v) is 5.09. The topological polar surface area (TPSA) is 51.8 Å². The van der Waals surface area contributed by atoms with Crippen LogP contribution in [0.5, 0.6) is 0 Å². The number of anilines is 1. The number of nitrogens with zero attached hydrogens (tertiary/aromatic N) is 2. The molecule has 0 aliphatic heterocycles. The van der Waals surface area contributed by atoms with E-state index >= 15 is 0 Å². The van der Waals surface area contributed by atoms with Crippen LogP contribution in [-0.4, -0.2) is 9.97 Å². The number of aromatic nitrogens is 2. The van der Waals surface area contributed by atoms with Gasteiger partial charge in [-0.2, -0.15) is 0 Å². The van der Waals surface area contributed by atoms with Crippen molar-refractivity contribution < 1.29 is 0 Å². The second-order valence-electron chi connectivity index (χ2n) is 2.73. The van der Waals surface area contributed by atoms with E-state index in [0.29, 0.717) is 20.8 Å². The zero-order valence-electron chi connectivity index (χ0n) is 6.81. The summed E-state index contributed by atoms with van der Waals surface area (Å²) in [4.78, 5) is 8.37. The highest BCUT2D eigenvalue weighted by molar-refractivity contribution is 9.11. The summed E-state index contributed by atoms with van der Waals surface area (Å²) in [7, 11) is 0. The number of hydrogen-bond acceptors (Lipinski definition) is 3. The molecule has 2 N–H and O–H groups in total. The van der Waals surface area contributed by atoms with Gasteiger partial charge < -0.3 is 5.73 Å². The van der Waals surface area contributed by atoms with Gasteiger partial charge in [0.15, 0.2) is 0 Å². The highest BCUT2D eigenvalue weighted by Gasteiger charge is 2.09. The third-order valence-corrected chi connectivity index (χ3v) is 2.60. The lowest BCUT2D eigenvalue weighted by Gasteiger charge is -2.06. The fourth-order valence-electron chi connectivity index (χ4n) is 0.690. The molecule has 0 amide bonds. The van der Waals surface area contributed by atoms with E-state index in [1.165, 1.54) is 0 Å². The normalized spacial score (nSPS) is 10.8. The van der Waals surface area contributed by atoms with E-state index in [1.54, 1.807) is 0 Å². The van der Waals surface area contributed by atoms with Crippen molar-refractivity contribution in [1.29, 1.82) is 0 Å². The van der Waals surface area contributed by atoms with E-state index in [4.69, 9.17) is 5.73 Å². The molecule has 0 saturated carbocycles. The molecule has 3 nitrogen and oxygen atoms in total. The SMILES string of the molecule is CC(C)c1nc(Br)c(N)c(Br)n1. The third-order valence-electron chi connectivity index (χ3n) is 1.39. The van der Waals surface area contributed by atoms with Crippen LogP contribution in [0.1, 0.15) is 25.6 Å². The molecule has 5 heteroatoms. The Balaban J connectivity index is 3.21. The summed E-state index contributed by atoms with van der Waals surface area (Å²) in [5.74, 6) is 1.08. The molecule has 0 bridgehead atoms. The molecule has 1 heterocycles. The Kier molecular flexibility index (Phi) is 3.06. The molecular weight excluding hydrogens is 286 g/mol. The van der Waals surface area contributed by atoms with Crippen LogP contribution in [0.2, 0.25) is 0 Å². The van der Waals surface area contributed by atoms with Crippen LogP contribution in [0.3, 0.4) is 0 Å². The van der Waals surface area contributed by atoms with Crippen LogP contribution >= 0.6 is 31.9 Å². The van der Waals surface area contributed by atoms with Gasteiger partial charge in [-0.25, -0.2) is 9.97 Å². The lowest BCUT2D eigenvalue weighted by atomic mass is 10.2. The maximum Gasteiger partial charge on any atom is 0.133 e. The quantitative estimate of drug-likeness (QED) is 0.810. The summed E-state index contributed by atoms with van der Waals surface area (Å²) in [6, 6.07) is 0. The Morgan fingerprint density at radius 1 is 1.17 bits per heavy atom. The lowest BCUT2D eigenvalue weighted by Crippen LogP contribution is -2.02. The van der Waals surface area contributed by atoms with E-state index in [2.05, 4.69) is 41.8 Å². The summed E-state index contributed by atoms with van der Waals surface area (Å²) < 4.78 is 1.29. The first kappa shape index (κ1) is 9.92. The van der Waals surface area contributed by atoms with Crippen molar-refractivity contribution in [2.45, 2.75) is 19.8 Å². The molecule has 0 aromatic carbocycles. The largest absolute Gasteiger partial charge is 0.394 e. The van der Waals surface area contributed by atoms with Gasteiger partial charge in [-0.05, 0) is 31.9 Å². The van der Waals surface area contributed by atoms with Crippen LogP contribution in [0.15, 0.2) is 9.21 Å². The Bertz CT molecular complexity index is 276. The van der Waals surface area contributed by atoms with Crippen LogP contribution in [0.25, 0.3) is 0 Å². The van der Waals surface area contributed by atoms with Crippen molar-refractivity contribution >= 4 is 37.5 Å². The van der Waals surface area contributed by atoms with Crippen molar-refractivity contribution in [3.05, 3.63) is 15.0 Å². The number of nitrogens with two attached hydrogens (primary N) is 1. The highest BCUT2D eigenvalue weighted by atomic mass is 79.9. The second kappa shape index (κ2) is 3.70. The minimum atomic E-state index is 0.304. The zero-order chi connectivity index (χ0) is 9.30. The molecule has 12 heavy (non-hydrogen) atoms. The van der Waals surface area contributed by atoms with Crippen LogP contribution in [-0.2, 0) is 0 Å². The maximum absolute atomic E-state index is 5.63. The minimum Gasteiger partial charge on any atom is -0.394 e. The monoisotopic (exact) mass is 293 g/mol. The molecular formula is C7H9Br2N3. The number of halogens is 2. The minimum absolute atomic E-state index is 0.304. The van der Waals surface area contributed by atoms with Gasteiger partial charge in [0, 0.05) is 5.92 Å². The van der Waals surface area contributed by atoms with E-state index in [9.17, 15) is 0 Å².